The third kappa shape index (κ3) is 2.87. The van der Waals surface area contributed by atoms with E-state index in [1.54, 1.807) is 0 Å². The molecule has 0 unspecified atom stereocenters. The molecule has 0 radical (unpaired) electrons. The monoisotopic (exact) mass is 227 g/mol. The second-order valence-corrected chi connectivity index (χ2v) is 3.17. The first-order valence-electron chi connectivity index (χ1n) is 4.08. The van der Waals surface area contributed by atoms with Crippen molar-refractivity contribution in [2.45, 2.75) is 32.5 Å². The summed E-state index contributed by atoms with van der Waals surface area (Å²) in [5.41, 5.74) is 0. The van der Waals surface area contributed by atoms with E-state index in [1.165, 1.54) is 0 Å². The Morgan fingerprint density at radius 1 is 1.36 bits per heavy atom. The van der Waals surface area contributed by atoms with Gasteiger partial charge in [-0.3, -0.25) is 4.57 Å². The highest BCUT2D eigenvalue weighted by Gasteiger charge is 2.30. The summed E-state index contributed by atoms with van der Waals surface area (Å²) in [5, 5.41) is 6.75. The van der Waals surface area contributed by atoms with Gasteiger partial charge in [-0.15, -0.1) is 10.2 Å². The largest absolute Gasteiger partial charge is 0.406 e. The summed E-state index contributed by atoms with van der Waals surface area (Å²) in [6, 6.07) is 0. The van der Waals surface area contributed by atoms with Crippen molar-refractivity contribution in [3.63, 3.8) is 0 Å². The van der Waals surface area contributed by atoms with Crippen molar-refractivity contribution in [2.75, 3.05) is 0 Å². The Balaban J connectivity index is 2.88. The van der Waals surface area contributed by atoms with Crippen LogP contribution in [0.4, 0.5) is 13.2 Å². The number of nitrogens with zero attached hydrogens (tertiary/aromatic N) is 3. The molecule has 0 aliphatic rings. The van der Waals surface area contributed by atoms with Gasteiger partial charge in [0.1, 0.15) is 12.4 Å². The van der Waals surface area contributed by atoms with Crippen LogP contribution in [0, 0.1) is 0 Å². The molecule has 0 aromatic carbocycles. The number of rotatable bonds is 3. The zero-order valence-electron chi connectivity index (χ0n) is 7.47. The maximum absolute atomic E-state index is 12.1. The second kappa shape index (κ2) is 4.16. The lowest BCUT2D eigenvalue weighted by Crippen LogP contribution is -2.19. The Morgan fingerprint density at radius 2 is 2.00 bits per heavy atom. The molecule has 0 N–H and O–H groups in total. The van der Waals surface area contributed by atoms with Gasteiger partial charge in [-0.2, -0.15) is 13.2 Å². The Labute approximate surface area is 83.9 Å². The first kappa shape index (κ1) is 11.3. The molecule has 0 atom stereocenters. The molecule has 1 rings (SSSR count). The number of aromatic nitrogens is 3. The van der Waals surface area contributed by atoms with Crippen LogP contribution in [0.1, 0.15) is 19.2 Å². The van der Waals surface area contributed by atoms with Gasteiger partial charge in [0.15, 0.2) is 0 Å². The Hall–Kier alpha value is -0.780. The molecule has 0 fully saturated rings. The fraction of sp³-hybridized carbons (Fsp3) is 0.714. The Morgan fingerprint density at radius 3 is 2.50 bits per heavy atom. The van der Waals surface area contributed by atoms with Crippen LogP contribution in [0.5, 0.6) is 0 Å². The van der Waals surface area contributed by atoms with Crippen LogP contribution in [0.3, 0.4) is 0 Å². The minimum absolute atomic E-state index is 0.217. The lowest BCUT2D eigenvalue weighted by molar-refractivity contribution is -0.141. The molecule has 1 aromatic heterocycles. The molecule has 14 heavy (non-hydrogen) atoms. The number of halogens is 4. The zero-order valence-corrected chi connectivity index (χ0v) is 8.23. The van der Waals surface area contributed by atoms with Gasteiger partial charge in [0.25, 0.3) is 0 Å². The molecule has 0 saturated carbocycles. The average Bonchev–Trinajstić information content (AvgIpc) is 2.34. The summed E-state index contributed by atoms with van der Waals surface area (Å²) >= 11 is 5.48. The molecular formula is C7H9ClF3N3. The number of alkyl halides is 3. The van der Waals surface area contributed by atoms with Gasteiger partial charge in [-0.25, -0.2) is 0 Å². The van der Waals surface area contributed by atoms with E-state index >= 15 is 0 Å². The summed E-state index contributed by atoms with van der Waals surface area (Å²) in [7, 11) is 0. The summed E-state index contributed by atoms with van der Waals surface area (Å²) in [5.74, 6) is 0.273. The highest BCUT2D eigenvalue weighted by atomic mass is 35.5. The summed E-state index contributed by atoms with van der Waals surface area (Å²) in [6.07, 6.45) is -3.16. The predicted octanol–water partition coefficient (Wildman–Crippen LogP) is 2.45. The van der Waals surface area contributed by atoms with E-state index in [0.29, 0.717) is 12.8 Å². The van der Waals surface area contributed by atoms with Crippen molar-refractivity contribution in [3.8, 4) is 0 Å². The molecule has 0 spiro atoms. The molecular weight excluding hydrogens is 219 g/mol. The van der Waals surface area contributed by atoms with Crippen LogP contribution in [0.25, 0.3) is 0 Å². The van der Waals surface area contributed by atoms with Crippen molar-refractivity contribution in [2.24, 2.45) is 0 Å². The Kier molecular flexibility index (Phi) is 3.36. The number of aryl methyl sites for hydroxylation is 1. The molecule has 1 heterocycles. The van der Waals surface area contributed by atoms with E-state index in [4.69, 9.17) is 11.6 Å². The second-order valence-electron chi connectivity index (χ2n) is 2.84. The van der Waals surface area contributed by atoms with Gasteiger partial charge in [-0.05, 0) is 18.0 Å². The molecule has 3 nitrogen and oxygen atoms in total. The molecule has 0 aliphatic heterocycles. The van der Waals surface area contributed by atoms with Crippen LogP contribution >= 0.6 is 11.6 Å². The topological polar surface area (TPSA) is 30.7 Å². The van der Waals surface area contributed by atoms with Crippen molar-refractivity contribution in [3.05, 3.63) is 11.1 Å². The standard InChI is InChI=1S/C7H9ClF3N3/c1-2-3-5-12-13-6(8)14(5)4-7(9,10)11/h2-4H2,1H3. The predicted molar refractivity (Wildman–Crippen MR) is 45.1 cm³/mol. The quantitative estimate of drug-likeness (QED) is 0.794. The molecule has 0 amide bonds. The third-order valence-electron chi connectivity index (χ3n) is 1.59. The maximum Gasteiger partial charge on any atom is 0.406 e. The minimum Gasteiger partial charge on any atom is -0.293 e. The van der Waals surface area contributed by atoms with Gasteiger partial charge >= 0.3 is 6.18 Å². The summed E-state index contributed by atoms with van der Waals surface area (Å²) < 4.78 is 37.1. The van der Waals surface area contributed by atoms with Crippen LogP contribution in [-0.2, 0) is 13.0 Å². The smallest absolute Gasteiger partial charge is 0.293 e. The van der Waals surface area contributed by atoms with E-state index in [0.717, 1.165) is 4.57 Å². The molecule has 1 aromatic rings. The highest BCUT2D eigenvalue weighted by Crippen LogP contribution is 2.21. The zero-order chi connectivity index (χ0) is 10.8. The molecule has 0 saturated heterocycles. The molecule has 80 valence electrons. The SMILES string of the molecule is CCCc1nnc(Cl)n1CC(F)(F)F. The number of hydrogen-bond donors (Lipinski definition) is 0. The molecule has 0 bridgehead atoms. The van der Waals surface area contributed by atoms with Crippen LogP contribution in [0.2, 0.25) is 5.28 Å². The maximum atomic E-state index is 12.1. The lowest BCUT2D eigenvalue weighted by Gasteiger charge is -2.09. The normalized spacial score (nSPS) is 12.1. The fourth-order valence-corrected chi connectivity index (χ4v) is 1.25. The van der Waals surface area contributed by atoms with Crippen molar-refractivity contribution < 1.29 is 13.2 Å². The first-order chi connectivity index (χ1) is 6.44. The Bertz CT molecular complexity index is 308. The summed E-state index contributed by atoms with van der Waals surface area (Å²) in [4.78, 5) is 0. The van der Waals surface area contributed by atoms with E-state index in [1.807, 2.05) is 6.92 Å². The van der Waals surface area contributed by atoms with Gasteiger partial charge in [0, 0.05) is 6.42 Å². The van der Waals surface area contributed by atoms with Gasteiger partial charge in [-0.1, -0.05) is 6.92 Å². The minimum atomic E-state index is -4.30. The fourth-order valence-electron chi connectivity index (χ4n) is 1.06. The highest BCUT2D eigenvalue weighted by molar-refractivity contribution is 6.28. The van der Waals surface area contributed by atoms with Gasteiger partial charge in [0.05, 0.1) is 0 Å². The number of hydrogen-bond acceptors (Lipinski definition) is 2. The lowest BCUT2D eigenvalue weighted by atomic mass is 10.3. The van der Waals surface area contributed by atoms with E-state index in [-0.39, 0.29) is 11.1 Å². The van der Waals surface area contributed by atoms with Crippen LogP contribution in [-0.4, -0.2) is 20.9 Å². The van der Waals surface area contributed by atoms with E-state index in [9.17, 15) is 13.2 Å². The van der Waals surface area contributed by atoms with Crippen molar-refractivity contribution >= 4 is 11.6 Å². The van der Waals surface area contributed by atoms with Crippen molar-refractivity contribution in [1.29, 1.82) is 0 Å². The first-order valence-corrected chi connectivity index (χ1v) is 4.46. The average molecular weight is 228 g/mol. The molecule has 7 heteroatoms. The van der Waals surface area contributed by atoms with E-state index < -0.39 is 12.7 Å². The van der Waals surface area contributed by atoms with Gasteiger partial charge < -0.3 is 0 Å². The van der Waals surface area contributed by atoms with E-state index in [2.05, 4.69) is 10.2 Å². The third-order valence-corrected chi connectivity index (χ3v) is 1.87. The van der Waals surface area contributed by atoms with Crippen LogP contribution in [0.15, 0.2) is 0 Å². The summed E-state index contributed by atoms with van der Waals surface area (Å²) in [6.45, 7) is 0.717. The van der Waals surface area contributed by atoms with Crippen LogP contribution < -0.4 is 0 Å². The van der Waals surface area contributed by atoms with Crippen molar-refractivity contribution in [1.82, 2.24) is 14.8 Å². The molecule has 0 aliphatic carbocycles. The van der Waals surface area contributed by atoms with Gasteiger partial charge in [0.2, 0.25) is 5.28 Å².